The van der Waals surface area contributed by atoms with Crippen molar-refractivity contribution in [2.75, 3.05) is 11.6 Å². The van der Waals surface area contributed by atoms with Crippen molar-refractivity contribution in [2.45, 2.75) is 25.0 Å². The first-order valence-electron chi connectivity index (χ1n) is 4.85. The van der Waals surface area contributed by atoms with Crippen LogP contribution in [0.1, 0.15) is 19.4 Å². The molecule has 0 aliphatic heterocycles. The summed E-state index contributed by atoms with van der Waals surface area (Å²) in [5, 5.41) is 12.7. The summed E-state index contributed by atoms with van der Waals surface area (Å²) >= 11 is 1.46. The first-order chi connectivity index (χ1) is 7.58. The van der Waals surface area contributed by atoms with E-state index in [-0.39, 0.29) is 6.04 Å². The Morgan fingerprint density at radius 2 is 2.31 bits per heavy atom. The molecule has 1 aromatic heterocycles. The van der Waals surface area contributed by atoms with E-state index in [4.69, 9.17) is 5.26 Å². The summed E-state index contributed by atoms with van der Waals surface area (Å²) in [5.41, 5.74) is 1.03. The van der Waals surface area contributed by atoms with Gasteiger partial charge in [0.15, 0.2) is 5.16 Å². The number of nitriles is 1. The van der Waals surface area contributed by atoms with Gasteiger partial charge in [0.05, 0.1) is 17.2 Å². The minimum absolute atomic E-state index is 0.245. The number of hydrogen-bond acceptors (Lipinski definition) is 5. The number of thioether (sulfide) groups is 1. The zero-order chi connectivity index (χ0) is 12.1. The third-order valence-electron chi connectivity index (χ3n) is 1.83. The third kappa shape index (κ3) is 2.97. The monoisotopic (exact) mass is 234 g/mol. The Hall–Kier alpha value is -1.54. The number of nitrogens with one attached hydrogen (secondary N) is 1. The molecule has 0 aliphatic carbocycles. The number of nitrogens with zero attached hydrogens (tertiary/aromatic N) is 3. The lowest BCUT2D eigenvalue weighted by atomic mass is 10.1. The Bertz CT molecular complexity index is 434. The highest BCUT2D eigenvalue weighted by Gasteiger charge is 2.10. The van der Waals surface area contributed by atoms with Crippen molar-refractivity contribution in [3.63, 3.8) is 0 Å². The zero-order valence-electron chi connectivity index (χ0n) is 9.61. The van der Waals surface area contributed by atoms with Crippen LogP contribution in [-0.4, -0.2) is 22.3 Å². The second kappa shape index (κ2) is 5.52. The van der Waals surface area contributed by atoms with Crippen LogP contribution in [0.2, 0.25) is 0 Å². The summed E-state index contributed by atoms with van der Waals surface area (Å²) in [6.45, 7) is 7.71. The number of anilines is 1. The molecule has 0 saturated heterocycles. The Morgan fingerprint density at radius 1 is 1.62 bits per heavy atom. The predicted octanol–water partition coefficient (Wildman–Crippen LogP) is 2.56. The molecular formula is C11H14N4S. The Kier molecular flexibility index (Phi) is 4.32. The fourth-order valence-corrected chi connectivity index (χ4v) is 1.47. The van der Waals surface area contributed by atoms with E-state index >= 15 is 0 Å². The van der Waals surface area contributed by atoms with Gasteiger partial charge in [0.2, 0.25) is 0 Å². The molecule has 5 heteroatoms. The minimum atomic E-state index is 0.245. The maximum atomic E-state index is 8.84. The number of hydrogen-bond donors (Lipinski definition) is 1. The highest BCUT2D eigenvalue weighted by molar-refractivity contribution is 7.98. The van der Waals surface area contributed by atoms with Crippen LogP contribution in [0.4, 0.5) is 5.82 Å². The van der Waals surface area contributed by atoms with Crippen molar-refractivity contribution in [3.05, 3.63) is 18.3 Å². The quantitative estimate of drug-likeness (QED) is 0.493. The fourth-order valence-electron chi connectivity index (χ4n) is 1.13. The van der Waals surface area contributed by atoms with Crippen LogP contribution in [0, 0.1) is 11.3 Å². The van der Waals surface area contributed by atoms with Gasteiger partial charge in [0, 0.05) is 12.2 Å². The zero-order valence-corrected chi connectivity index (χ0v) is 10.4. The van der Waals surface area contributed by atoms with Crippen molar-refractivity contribution < 1.29 is 0 Å². The van der Waals surface area contributed by atoms with Gasteiger partial charge in [-0.2, -0.15) is 5.26 Å². The normalized spacial score (nSPS) is 9.94. The summed E-state index contributed by atoms with van der Waals surface area (Å²) < 4.78 is 0. The van der Waals surface area contributed by atoms with Crippen LogP contribution >= 0.6 is 11.8 Å². The van der Waals surface area contributed by atoms with Crippen LogP contribution in [0.3, 0.4) is 0 Å². The SMILES string of the molecule is C=C(C#N)c1cnc(SC)nc1NC(C)C. The fraction of sp³-hybridized carbons (Fsp3) is 0.364. The van der Waals surface area contributed by atoms with Gasteiger partial charge in [-0.3, -0.25) is 0 Å². The molecule has 0 bridgehead atoms. The molecule has 84 valence electrons. The highest BCUT2D eigenvalue weighted by Crippen LogP contribution is 2.22. The molecule has 0 radical (unpaired) electrons. The summed E-state index contributed by atoms with van der Waals surface area (Å²) in [5.74, 6) is 0.668. The van der Waals surface area contributed by atoms with E-state index in [0.29, 0.717) is 22.1 Å². The minimum Gasteiger partial charge on any atom is -0.367 e. The van der Waals surface area contributed by atoms with Crippen LogP contribution in [0.15, 0.2) is 17.9 Å². The molecule has 1 heterocycles. The van der Waals surface area contributed by atoms with Crippen molar-refractivity contribution in [3.8, 4) is 6.07 Å². The number of aromatic nitrogens is 2. The van der Waals surface area contributed by atoms with E-state index in [2.05, 4.69) is 21.9 Å². The van der Waals surface area contributed by atoms with Crippen LogP contribution in [-0.2, 0) is 0 Å². The Balaban J connectivity index is 3.17. The first-order valence-corrected chi connectivity index (χ1v) is 6.08. The van der Waals surface area contributed by atoms with Crippen molar-refractivity contribution in [1.82, 2.24) is 9.97 Å². The van der Waals surface area contributed by atoms with E-state index in [9.17, 15) is 0 Å². The molecule has 0 fully saturated rings. The van der Waals surface area contributed by atoms with Gasteiger partial charge < -0.3 is 5.32 Å². The molecule has 0 amide bonds. The Labute approximate surface area is 99.8 Å². The van der Waals surface area contributed by atoms with E-state index in [1.54, 1.807) is 6.20 Å². The lowest BCUT2D eigenvalue weighted by molar-refractivity contribution is 0.865. The standard InChI is InChI=1S/C11H14N4S/c1-7(2)14-10-9(8(3)5-12)6-13-11(15-10)16-4/h6-7H,3H2,1-2,4H3,(H,13,14,15). The topological polar surface area (TPSA) is 61.6 Å². The second-order valence-corrected chi connectivity index (χ2v) is 4.28. The molecule has 0 aromatic carbocycles. The molecule has 0 spiro atoms. The van der Waals surface area contributed by atoms with Crippen molar-refractivity contribution in [2.24, 2.45) is 0 Å². The maximum Gasteiger partial charge on any atom is 0.189 e. The summed E-state index contributed by atoms with van der Waals surface area (Å²) in [6.07, 6.45) is 3.54. The predicted molar refractivity (Wildman–Crippen MR) is 67.2 cm³/mol. The molecule has 0 saturated carbocycles. The second-order valence-electron chi connectivity index (χ2n) is 3.51. The number of rotatable bonds is 4. The molecule has 16 heavy (non-hydrogen) atoms. The molecule has 0 unspecified atom stereocenters. The summed E-state index contributed by atoms with van der Waals surface area (Å²) in [7, 11) is 0. The van der Waals surface area contributed by atoms with E-state index in [1.807, 2.05) is 26.2 Å². The van der Waals surface area contributed by atoms with Crippen LogP contribution in [0.25, 0.3) is 5.57 Å². The molecule has 0 aliphatic rings. The first kappa shape index (κ1) is 12.5. The largest absolute Gasteiger partial charge is 0.367 e. The number of allylic oxidation sites excluding steroid dienone is 1. The van der Waals surface area contributed by atoms with Gasteiger partial charge in [0.25, 0.3) is 0 Å². The van der Waals surface area contributed by atoms with E-state index in [0.717, 1.165) is 0 Å². The molecule has 0 atom stereocenters. The lowest BCUT2D eigenvalue weighted by Gasteiger charge is -2.13. The molecule has 1 N–H and O–H groups in total. The summed E-state index contributed by atoms with van der Waals surface area (Å²) in [4.78, 5) is 8.46. The molecule has 4 nitrogen and oxygen atoms in total. The lowest BCUT2D eigenvalue weighted by Crippen LogP contribution is -2.13. The average molecular weight is 234 g/mol. The van der Waals surface area contributed by atoms with Gasteiger partial charge in [-0.05, 0) is 20.1 Å². The van der Waals surface area contributed by atoms with Gasteiger partial charge in [-0.25, -0.2) is 9.97 Å². The highest BCUT2D eigenvalue weighted by atomic mass is 32.2. The molecule has 1 aromatic rings. The molecular weight excluding hydrogens is 220 g/mol. The van der Waals surface area contributed by atoms with Gasteiger partial charge in [-0.1, -0.05) is 18.3 Å². The average Bonchev–Trinajstić information content (AvgIpc) is 2.27. The van der Waals surface area contributed by atoms with Gasteiger partial charge >= 0.3 is 0 Å². The maximum absolute atomic E-state index is 8.84. The smallest absolute Gasteiger partial charge is 0.189 e. The van der Waals surface area contributed by atoms with Crippen molar-refractivity contribution in [1.29, 1.82) is 5.26 Å². The van der Waals surface area contributed by atoms with E-state index in [1.165, 1.54) is 11.8 Å². The molecule has 1 rings (SSSR count). The van der Waals surface area contributed by atoms with Gasteiger partial charge in [-0.15, -0.1) is 0 Å². The van der Waals surface area contributed by atoms with Crippen LogP contribution < -0.4 is 5.32 Å². The Morgan fingerprint density at radius 3 is 2.81 bits per heavy atom. The van der Waals surface area contributed by atoms with Crippen molar-refractivity contribution >= 4 is 23.2 Å². The third-order valence-corrected chi connectivity index (χ3v) is 2.40. The summed E-state index contributed by atoms with van der Waals surface area (Å²) in [6, 6.07) is 2.26. The van der Waals surface area contributed by atoms with Crippen LogP contribution in [0.5, 0.6) is 0 Å². The van der Waals surface area contributed by atoms with E-state index < -0.39 is 0 Å². The van der Waals surface area contributed by atoms with Gasteiger partial charge in [0.1, 0.15) is 5.82 Å².